The number of rotatable bonds is 6. The second-order valence-corrected chi connectivity index (χ2v) is 5.95. The summed E-state index contributed by atoms with van der Waals surface area (Å²) in [5.41, 5.74) is 3.97. The third kappa shape index (κ3) is 4.08. The summed E-state index contributed by atoms with van der Waals surface area (Å²) in [7, 11) is 2.01. The summed E-state index contributed by atoms with van der Waals surface area (Å²) in [5.74, 6) is 0.895. The Kier molecular flexibility index (Phi) is 5.83. The number of hydrogen-bond acceptors (Lipinski definition) is 2. The molecule has 2 nitrogen and oxygen atoms in total. The minimum absolute atomic E-state index is 0.290. The highest BCUT2D eigenvalue weighted by Crippen LogP contribution is 2.29. The third-order valence-corrected chi connectivity index (χ3v) is 4.31. The van der Waals surface area contributed by atoms with E-state index in [0.29, 0.717) is 6.61 Å². The molecule has 0 radical (unpaired) electrons. The number of hydrogen-bond donors (Lipinski definition) is 1. The van der Waals surface area contributed by atoms with Crippen LogP contribution in [0.4, 0.5) is 0 Å². The van der Waals surface area contributed by atoms with E-state index >= 15 is 0 Å². The van der Waals surface area contributed by atoms with Crippen molar-refractivity contribution >= 4 is 15.9 Å². The molecule has 2 rings (SSSR count). The van der Waals surface area contributed by atoms with Gasteiger partial charge in [0.1, 0.15) is 5.75 Å². The molecule has 0 heterocycles. The predicted octanol–water partition coefficient (Wildman–Crippen LogP) is 4.66. The zero-order chi connectivity index (χ0) is 15.2. The topological polar surface area (TPSA) is 21.3 Å². The second-order valence-electron chi connectivity index (χ2n) is 5.09. The molecule has 0 saturated heterocycles. The smallest absolute Gasteiger partial charge is 0.133 e. The number of aryl methyl sites for hydroxylation is 1. The van der Waals surface area contributed by atoms with Crippen molar-refractivity contribution in [2.24, 2.45) is 0 Å². The fourth-order valence-corrected chi connectivity index (χ4v) is 2.96. The molecule has 0 bridgehead atoms. The van der Waals surface area contributed by atoms with E-state index in [-0.39, 0.29) is 6.04 Å². The van der Waals surface area contributed by atoms with Crippen molar-refractivity contribution in [3.8, 4) is 5.75 Å². The lowest BCUT2D eigenvalue weighted by atomic mass is 9.96. The van der Waals surface area contributed by atoms with Crippen LogP contribution in [-0.4, -0.2) is 13.7 Å². The lowest BCUT2D eigenvalue weighted by Gasteiger charge is -2.19. The first-order valence-corrected chi connectivity index (χ1v) is 8.09. The summed E-state index contributed by atoms with van der Waals surface area (Å²) in [6, 6.07) is 15.1. The summed E-state index contributed by atoms with van der Waals surface area (Å²) in [6.45, 7) is 4.84. The fraction of sp³-hybridized carbons (Fsp3) is 0.333. The highest BCUT2D eigenvalue weighted by molar-refractivity contribution is 9.10. The molecule has 2 aromatic rings. The van der Waals surface area contributed by atoms with Gasteiger partial charge in [0.05, 0.1) is 11.1 Å². The molecule has 0 aliphatic carbocycles. The molecule has 0 aliphatic rings. The average Bonchev–Trinajstić information content (AvgIpc) is 2.49. The second kappa shape index (κ2) is 7.62. The van der Waals surface area contributed by atoms with Gasteiger partial charge in [-0.1, -0.05) is 30.3 Å². The van der Waals surface area contributed by atoms with Crippen molar-refractivity contribution in [1.82, 2.24) is 5.32 Å². The fourth-order valence-electron chi connectivity index (χ4n) is 2.45. The van der Waals surface area contributed by atoms with Gasteiger partial charge in [-0.25, -0.2) is 0 Å². The van der Waals surface area contributed by atoms with Gasteiger partial charge in [-0.15, -0.1) is 0 Å². The van der Waals surface area contributed by atoms with Crippen molar-refractivity contribution in [3.05, 3.63) is 63.6 Å². The Morgan fingerprint density at radius 3 is 2.57 bits per heavy atom. The highest BCUT2D eigenvalue weighted by Gasteiger charge is 2.13. The molecule has 112 valence electrons. The van der Waals surface area contributed by atoms with Gasteiger partial charge in [0.25, 0.3) is 0 Å². The number of ether oxygens (including phenoxy) is 1. The van der Waals surface area contributed by atoms with Crippen LogP contribution in [0.25, 0.3) is 0 Å². The molecular weight excluding hydrogens is 326 g/mol. The van der Waals surface area contributed by atoms with Gasteiger partial charge in [0.15, 0.2) is 0 Å². The van der Waals surface area contributed by atoms with E-state index < -0.39 is 0 Å². The van der Waals surface area contributed by atoms with Crippen LogP contribution >= 0.6 is 15.9 Å². The van der Waals surface area contributed by atoms with Crippen LogP contribution in [0, 0.1) is 6.92 Å². The Morgan fingerprint density at radius 2 is 1.95 bits per heavy atom. The molecule has 1 unspecified atom stereocenters. The van der Waals surface area contributed by atoms with Gasteiger partial charge in [0, 0.05) is 6.04 Å². The SMILES string of the molecule is CCOc1ccc(C(Cc2ccccc2C)NC)cc1Br. The van der Waals surface area contributed by atoms with Gasteiger partial charge in [-0.3, -0.25) is 0 Å². The van der Waals surface area contributed by atoms with E-state index in [0.717, 1.165) is 16.6 Å². The van der Waals surface area contributed by atoms with Crippen molar-refractivity contribution in [3.63, 3.8) is 0 Å². The van der Waals surface area contributed by atoms with E-state index in [4.69, 9.17) is 4.74 Å². The zero-order valence-electron chi connectivity index (χ0n) is 12.8. The van der Waals surface area contributed by atoms with E-state index in [1.54, 1.807) is 0 Å². The molecule has 0 aromatic heterocycles. The Labute approximate surface area is 135 Å². The Bertz CT molecular complexity index is 598. The van der Waals surface area contributed by atoms with Crippen molar-refractivity contribution < 1.29 is 4.74 Å². The predicted molar refractivity (Wildman–Crippen MR) is 92.0 cm³/mol. The Hall–Kier alpha value is -1.32. The third-order valence-electron chi connectivity index (χ3n) is 3.69. The van der Waals surface area contributed by atoms with Gasteiger partial charge in [0.2, 0.25) is 0 Å². The van der Waals surface area contributed by atoms with Crippen LogP contribution in [0.3, 0.4) is 0 Å². The molecule has 0 spiro atoms. The molecule has 21 heavy (non-hydrogen) atoms. The van der Waals surface area contributed by atoms with Crippen molar-refractivity contribution in [2.75, 3.05) is 13.7 Å². The van der Waals surface area contributed by atoms with Gasteiger partial charge >= 0.3 is 0 Å². The van der Waals surface area contributed by atoms with Gasteiger partial charge < -0.3 is 10.1 Å². The molecule has 0 saturated carbocycles. The number of likely N-dealkylation sites (N-methyl/N-ethyl adjacent to an activating group) is 1. The van der Waals surface area contributed by atoms with Gasteiger partial charge in [-0.2, -0.15) is 0 Å². The van der Waals surface area contributed by atoms with Crippen LogP contribution in [0.2, 0.25) is 0 Å². The molecule has 0 amide bonds. The van der Waals surface area contributed by atoms with Crippen LogP contribution < -0.4 is 10.1 Å². The summed E-state index contributed by atoms with van der Waals surface area (Å²) in [5, 5.41) is 3.41. The highest BCUT2D eigenvalue weighted by atomic mass is 79.9. The Balaban J connectivity index is 2.21. The summed E-state index contributed by atoms with van der Waals surface area (Å²) < 4.78 is 6.58. The average molecular weight is 348 g/mol. The van der Waals surface area contributed by atoms with Crippen LogP contribution in [0.15, 0.2) is 46.9 Å². The van der Waals surface area contributed by atoms with Crippen molar-refractivity contribution in [2.45, 2.75) is 26.3 Å². The molecule has 0 fully saturated rings. The van der Waals surface area contributed by atoms with E-state index in [1.165, 1.54) is 16.7 Å². The largest absolute Gasteiger partial charge is 0.493 e. The zero-order valence-corrected chi connectivity index (χ0v) is 14.4. The molecule has 0 aliphatic heterocycles. The maximum absolute atomic E-state index is 5.58. The molecule has 3 heteroatoms. The summed E-state index contributed by atoms with van der Waals surface area (Å²) in [6.07, 6.45) is 0.976. The van der Waals surface area contributed by atoms with E-state index in [9.17, 15) is 0 Å². The number of benzene rings is 2. The van der Waals surface area contributed by atoms with Crippen LogP contribution in [-0.2, 0) is 6.42 Å². The maximum Gasteiger partial charge on any atom is 0.133 e. The lowest BCUT2D eigenvalue weighted by Crippen LogP contribution is -2.19. The summed E-state index contributed by atoms with van der Waals surface area (Å²) in [4.78, 5) is 0. The first kappa shape index (κ1) is 16.1. The number of halogens is 1. The Morgan fingerprint density at radius 1 is 1.19 bits per heavy atom. The summed E-state index contributed by atoms with van der Waals surface area (Å²) >= 11 is 3.59. The first-order chi connectivity index (χ1) is 10.2. The first-order valence-electron chi connectivity index (χ1n) is 7.29. The van der Waals surface area contributed by atoms with E-state index in [2.05, 4.69) is 64.6 Å². The molecular formula is C18H22BrNO. The van der Waals surface area contributed by atoms with E-state index in [1.807, 2.05) is 20.0 Å². The molecule has 1 atom stereocenters. The monoisotopic (exact) mass is 347 g/mol. The lowest BCUT2D eigenvalue weighted by molar-refractivity contribution is 0.338. The quantitative estimate of drug-likeness (QED) is 0.820. The number of nitrogens with one attached hydrogen (secondary N) is 1. The minimum Gasteiger partial charge on any atom is -0.493 e. The standard InChI is InChI=1S/C18H22BrNO/c1-4-21-18-10-9-15(11-16(18)19)17(20-3)12-14-8-6-5-7-13(14)2/h5-11,17,20H,4,12H2,1-3H3. The normalized spacial score (nSPS) is 12.2. The molecule has 1 N–H and O–H groups in total. The maximum atomic E-state index is 5.58. The molecule has 2 aromatic carbocycles. The minimum atomic E-state index is 0.290. The van der Waals surface area contributed by atoms with Crippen LogP contribution in [0.5, 0.6) is 5.75 Å². The van der Waals surface area contributed by atoms with Crippen LogP contribution in [0.1, 0.15) is 29.7 Å². The van der Waals surface area contributed by atoms with Gasteiger partial charge in [-0.05, 0) is 72.1 Å². The van der Waals surface area contributed by atoms with Crippen molar-refractivity contribution in [1.29, 1.82) is 0 Å².